The second-order valence-corrected chi connectivity index (χ2v) is 6.96. The van der Waals surface area contributed by atoms with Gasteiger partial charge in [0.1, 0.15) is 11.3 Å². The highest BCUT2D eigenvalue weighted by Crippen LogP contribution is 2.28. The fourth-order valence-corrected chi connectivity index (χ4v) is 3.75. The van der Waals surface area contributed by atoms with E-state index in [0.29, 0.717) is 11.4 Å². The molecule has 142 valence electrons. The lowest BCUT2D eigenvalue weighted by Crippen LogP contribution is -2.18. The molecule has 4 rings (SSSR count). The van der Waals surface area contributed by atoms with Crippen molar-refractivity contribution in [1.82, 2.24) is 9.55 Å². The molecule has 0 aliphatic heterocycles. The van der Waals surface area contributed by atoms with Crippen LogP contribution in [0.25, 0.3) is 5.69 Å². The van der Waals surface area contributed by atoms with Gasteiger partial charge in [0.05, 0.1) is 18.5 Å². The zero-order valence-corrected chi connectivity index (χ0v) is 16.1. The van der Waals surface area contributed by atoms with Crippen LogP contribution in [0.2, 0.25) is 0 Å². The first-order valence-electron chi connectivity index (χ1n) is 8.96. The van der Waals surface area contributed by atoms with Crippen LogP contribution in [0.15, 0.2) is 52.3 Å². The van der Waals surface area contributed by atoms with Gasteiger partial charge in [0.25, 0.3) is 5.56 Å². The third-order valence-electron chi connectivity index (χ3n) is 4.87. The number of aliphatic imine (C=N–C) groups is 1. The van der Waals surface area contributed by atoms with E-state index in [0.717, 1.165) is 24.9 Å². The zero-order chi connectivity index (χ0) is 19.7. The maximum absolute atomic E-state index is 12.4. The predicted octanol–water partition coefficient (Wildman–Crippen LogP) is 3.85. The van der Waals surface area contributed by atoms with Crippen molar-refractivity contribution in [3.8, 4) is 17.3 Å². The quantitative estimate of drug-likeness (QED) is 0.521. The highest BCUT2D eigenvalue weighted by atomic mass is 32.1. The van der Waals surface area contributed by atoms with Crippen LogP contribution in [0.4, 0.5) is 5.69 Å². The van der Waals surface area contributed by atoms with Gasteiger partial charge >= 0.3 is 0 Å². The number of H-pyrrole nitrogens is 1. The van der Waals surface area contributed by atoms with Gasteiger partial charge < -0.3 is 9.84 Å². The first kappa shape index (κ1) is 18.2. The number of ether oxygens (including phenoxy) is 1. The molecule has 0 bridgehead atoms. The van der Waals surface area contributed by atoms with Crippen molar-refractivity contribution >= 4 is 24.1 Å². The number of para-hydroxylation sites is 2. The Kier molecular flexibility index (Phi) is 4.83. The lowest BCUT2D eigenvalue weighted by atomic mass is 10.1. The molecule has 6 nitrogen and oxygen atoms in total. The summed E-state index contributed by atoms with van der Waals surface area (Å²) >= 11 is 5.26. The van der Waals surface area contributed by atoms with Gasteiger partial charge in [-0.25, -0.2) is 0 Å². The number of fused-ring (bicyclic) bond motifs is 1. The molecule has 1 heterocycles. The van der Waals surface area contributed by atoms with Crippen molar-refractivity contribution in [2.24, 2.45) is 4.99 Å². The Morgan fingerprint density at radius 2 is 2.00 bits per heavy atom. The van der Waals surface area contributed by atoms with Crippen LogP contribution in [0, 0.1) is 4.77 Å². The van der Waals surface area contributed by atoms with E-state index in [1.165, 1.54) is 29.0 Å². The summed E-state index contributed by atoms with van der Waals surface area (Å²) in [6.45, 7) is 0. The summed E-state index contributed by atoms with van der Waals surface area (Å²) in [6.07, 6.45) is 4.66. The second kappa shape index (κ2) is 7.44. The molecule has 2 aromatic carbocycles. The molecular formula is C21H19N3O3S. The fraction of sp³-hybridized carbons (Fsp3) is 0.190. The molecular weight excluding hydrogens is 374 g/mol. The second-order valence-electron chi connectivity index (χ2n) is 6.57. The van der Waals surface area contributed by atoms with Crippen LogP contribution >= 0.6 is 12.2 Å². The minimum Gasteiger partial charge on any atom is -0.495 e. The maximum Gasteiger partial charge on any atom is 0.264 e. The standard InChI is InChI=1S/C21H19N3O3S/c1-27-18-8-3-2-7-17(18)24-20(26)16(19(25)23-21(24)28)12-22-15-10-9-13-5-4-6-14(13)11-15/h2-3,7-12,26H,4-6H2,1H3,(H,23,25,28). The van der Waals surface area contributed by atoms with Gasteiger partial charge in [-0.1, -0.05) is 18.2 Å². The number of methoxy groups -OCH3 is 1. The van der Waals surface area contributed by atoms with Gasteiger partial charge in [-0.15, -0.1) is 0 Å². The molecule has 0 saturated carbocycles. The Morgan fingerprint density at radius 3 is 2.82 bits per heavy atom. The fourth-order valence-electron chi connectivity index (χ4n) is 3.47. The summed E-state index contributed by atoms with van der Waals surface area (Å²) in [5, 5.41) is 10.8. The largest absolute Gasteiger partial charge is 0.495 e. The third kappa shape index (κ3) is 3.25. The summed E-state index contributed by atoms with van der Waals surface area (Å²) in [7, 11) is 1.53. The molecule has 0 atom stereocenters. The zero-order valence-electron chi connectivity index (χ0n) is 15.3. The Balaban J connectivity index is 1.80. The van der Waals surface area contributed by atoms with Crippen molar-refractivity contribution in [3.63, 3.8) is 0 Å². The predicted molar refractivity (Wildman–Crippen MR) is 111 cm³/mol. The molecule has 1 aliphatic carbocycles. The molecule has 0 saturated heterocycles. The minimum atomic E-state index is -0.501. The number of hydrogen-bond acceptors (Lipinski definition) is 5. The number of aromatic amines is 1. The average molecular weight is 393 g/mol. The molecule has 1 aromatic heterocycles. The Morgan fingerprint density at radius 1 is 1.21 bits per heavy atom. The van der Waals surface area contributed by atoms with Gasteiger partial charge in [0.2, 0.25) is 5.88 Å². The molecule has 0 unspecified atom stereocenters. The number of hydrogen-bond donors (Lipinski definition) is 2. The summed E-state index contributed by atoms with van der Waals surface area (Å²) in [5.41, 5.74) is 3.43. The van der Waals surface area contributed by atoms with Crippen LogP contribution in [0.5, 0.6) is 11.6 Å². The Bertz CT molecular complexity index is 1190. The van der Waals surface area contributed by atoms with E-state index >= 15 is 0 Å². The first-order valence-corrected chi connectivity index (χ1v) is 9.37. The molecule has 1 aliphatic rings. The van der Waals surface area contributed by atoms with Gasteiger partial charge in [-0.2, -0.15) is 0 Å². The summed E-state index contributed by atoms with van der Waals surface area (Å²) < 4.78 is 6.78. The lowest BCUT2D eigenvalue weighted by molar-refractivity contribution is 0.402. The van der Waals surface area contributed by atoms with Gasteiger partial charge in [0, 0.05) is 6.21 Å². The Hall–Kier alpha value is -3.19. The summed E-state index contributed by atoms with van der Waals surface area (Å²) in [4.78, 5) is 19.4. The highest BCUT2D eigenvalue weighted by molar-refractivity contribution is 7.71. The molecule has 3 aromatic rings. The van der Waals surface area contributed by atoms with E-state index < -0.39 is 5.56 Å². The lowest BCUT2D eigenvalue weighted by Gasteiger charge is -2.14. The molecule has 0 spiro atoms. The first-order chi connectivity index (χ1) is 13.6. The number of aromatic nitrogens is 2. The Labute approximate surface area is 166 Å². The van der Waals surface area contributed by atoms with Gasteiger partial charge in [-0.3, -0.25) is 19.3 Å². The van der Waals surface area contributed by atoms with E-state index in [4.69, 9.17) is 17.0 Å². The van der Waals surface area contributed by atoms with Gasteiger partial charge in [-0.05, 0) is 66.9 Å². The van der Waals surface area contributed by atoms with Crippen LogP contribution in [-0.4, -0.2) is 28.0 Å². The molecule has 28 heavy (non-hydrogen) atoms. The van der Waals surface area contributed by atoms with E-state index in [1.54, 1.807) is 18.2 Å². The number of rotatable bonds is 4. The molecule has 0 amide bonds. The van der Waals surface area contributed by atoms with Crippen LogP contribution < -0.4 is 10.3 Å². The number of aromatic hydroxyl groups is 1. The third-order valence-corrected chi connectivity index (χ3v) is 5.16. The smallest absolute Gasteiger partial charge is 0.264 e. The van der Waals surface area contributed by atoms with Crippen LogP contribution in [-0.2, 0) is 12.8 Å². The number of benzene rings is 2. The molecule has 0 radical (unpaired) electrons. The van der Waals surface area contributed by atoms with E-state index in [9.17, 15) is 9.90 Å². The van der Waals surface area contributed by atoms with E-state index in [2.05, 4.69) is 16.0 Å². The SMILES string of the molecule is COc1ccccc1-n1c(O)c(C=Nc2ccc3c(c2)CCC3)c(=O)[nH]c1=S. The van der Waals surface area contributed by atoms with E-state index in [1.807, 2.05) is 18.2 Å². The van der Waals surface area contributed by atoms with Crippen LogP contribution in [0.1, 0.15) is 23.1 Å². The van der Waals surface area contributed by atoms with Crippen molar-refractivity contribution < 1.29 is 9.84 Å². The topological polar surface area (TPSA) is 79.6 Å². The highest BCUT2D eigenvalue weighted by Gasteiger charge is 2.15. The van der Waals surface area contributed by atoms with Crippen molar-refractivity contribution in [2.75, 3.05) is 7.11 Å². The number of nitrogens with zero attached hydrogens (tertiary/aromatic N) is 2. The number of aryl methyl sites for hydroxylation is 2. The summed E-state index contributed by atoms with van der Waals surface area (Å²) in [5.74, 6) is 0.227. The van der Waals surface area contributed by atoms with Crippen molar-refractivity contribution in [1.29, 1.82) is 0 Å². The summed E-state index contributed by atoms with van der Waals surface area (Å²) in [6, 6.07) is 13.1. The monoisotopic (exact) mass is 393 g/mol. The van der Waals surface area contributed by atoms with E-state index in [-0.39, 0.29) is 16.2 Å². The number of nitrogens with one attached hydrogen (secondary N) is 1. The molecule has 0 fully saturated rings. The normalized spacial score (nSPS) is 13.0. The minimum absolute atomic E-state index is 0.0278. The molecule has 2 N–H and O–H groups in total. The van der Waals surface area contributed by atoms with Crippen molar-refractivity contribution in [2.45, 2.75) is 19.3 Å². The van der Waals surface area contributed by atoms with Crippen LogP contribution in [0.3, 0.4) is 0 Å². The van der Waals surface area contributed by atoms with Crippen molar-refractivity contribution in [3.05, 3.63) is 74.3 Å². The average Bonchev–Trinajstić information content (AvgIpc) is 3.16. The maximum atomic E-state index is 12.4. The molecule has 7 heteroatoms. The van der Waals surface area contributed by atoms with Gasteiger partial charge in [0.15, 0.2) is 4.77 Å².